The molecule has 0 spiro atoms. The van der Waals surface area contributed by atoms with Crippen LogP contribution in [0.25, 0.3) is 0 Å². The van der Waals surface area contributed by atoms with Gasteiger partial charge < -0.3 is 10.2 Å². The van der Waals surface area contributed by atoms with Gasteiger partial charge in [-0.1, -0.05) is 17.7 Å². The smallest absolute Gasteiger partial charge is 0.0898 e. The number of aromatic nitrogens is 1. The minimum atomic E-state index is 0.708. The average molecular weight is 322 g/mol. The third kappa shape index (κ3) is 3.96. The van der Waals surface area contributed by atoms with E-state index in [-0.39, 0.29) is 0 Å². The van der Waals surface area contributed by atoms with E-state index >= 15 is 0 Å². The number of hydrogen-bond donors (Lipinski definition) is 1. The Morgan fingerprint density at radius 2 is 2.24 bits per heavy atom. The Kier molecular flexibility index (Phi) is 4.48. The quantitative estimate of drug-likeness (QED) is 0.872. The Labute approximate surface area is 135 Å². The van der Waals surface area contributed by atoms with Gasteiger partial charge in [-0.25, -0.2) is 4.98 Å². The van der Waals surface area contributed by atoms with Crippen molar-refractivity contribution in [1.82, 2.24) is 10.3 Å². The fourth-order valence-corrected chi connectivity index (χ4v) is 3.16. The van der Waals surface area contributed by atoms with Crippen molar-refractivity contribution >= 4 is 28.6 Å². The molecule has 21 heavy (non-hydrogen) atoms. The van der Waals surface area contributed by atoms with Gasteiger partial charge in [-0.2, -0.15) is 0 Å². The number of benzene rings is 1. The molecule has 1 fully saturated rings. The Bertz CT molecular complexity index is 622. The second kappa shape index (κ2) is 6.34. The van der Waals surface area contributed by atoms with Gasteiger partial charge in [-0.15, -0.1) is 11.3 Å². The average Bonchev–Trinajstić information content (AvgIpc) is 3.20. The maximum absolute atomic E-state index is 6.18. The molecule has 0 atom stereocenters. The van der Waals surface area contributed by atoms with Gasteiger partial charge in [0.05, 0.1) is 17.2 Å². The van der Waals surface area contributed by atoms with Crippen LogP contribution in [0.5, 0.6) is 0 Å². The van der Waals surface area contributed by atoms with Gasteiger partial charge in [-0.05, 0) is 37.5 Å². The first-order valence-corrected chi connectivity index (χ1v) is 8.51. The minimum Gasteiger partial charge on any atom is -0.368 e. The number of thiazole rings is 1. The molecule has 1 aliphatic carbocycles. The summed E-state index contributed by atoms with van der Waals surface area (Å²) in [7, 11) is 2.10. The summed E-state index contributed by atoms with van der Waals surface area (Å²) in [6.45, 7) is 3.75. The molecule has 1 N–H and O–H groups in total. The Balaban J connectivity index is 1.75. The molecule has 0 aliphatic heterocycles. The first-order valence-electron chi connectivity index (χ1n) is 7.26. The second-order valence-electron chi connectivity index (χ2n) is 5.64. The zero-order valence-electron chi connectivity index (χ0n) is 12.4. The molecule has 3 rings (SSSR count). The van der Waals surface area contributed by atoms with Crippen LogP contribution in [-0.4, -0.2) is 18.1 Å². The van der Waals surface area contributed by atoms with Crippen molar-refractivity contribution in [3.8, 4) is 0 Å². The van der Waals surface area contributed by atoms with Crippen molar-refractivity contribution in [3.05, 3.63) is 44.9 Å². The molecule has 0 unspecified atom stereocenters. The molecule has 1 heterocycles. The van der Waals surface area contributed by atoms with E-state index < -0.39 is 0 Å². The molecule has 1 aromatic heterocycles. The van der Waals surface area contributed by atoms with Crippen molar-refractivity contribution in [1.29, 1.82) is 0 Å². The Morgan fingerprint density at radius 1 is 1.43 bits per heavy atom. The lowest BCUT2D eigenvalue weighted by molar-refractivity contribution is 0.685. The van der Waals surface area contributed by atoms with Crippen LogP contribution in [0, 0.1) is 6.92 Å². The van der Waals surface area contributed by atoms with Crippen LogP contribution in [0.2, 0.25) is 5.02 Å². The van der Waals surface area contributed by atoms with Gasteiger partial charge in [-0.3, -0.25) is 0 Å². The predicted octanol–water partition coefficient (Wildman–Crippen LogP) is 3.99. The van der Waals surface area contributed by atoms with E-state index in [1.54, 1.807) is 11.3 Å². The fraction of sp³-hybridized carbons (Fsp3) is 0.438. The summed E-state index contributed by atoms with van der Waals surface area (Å²) >= 11 is 7.88. The van der Waals surface area contributed by atoms with Crippen molar-refractivity contribution < 1.29 is 0 Å². The summed E-state index contributed by atoms with van der Waals surface area (Å²) in [4.78, 5) is 6.77. The third-order valence-corrected chi connectivity index (χ3v) is 4.74. The molecule has 1 saturated carbocycles. The molecule has 5 heteroatoms. The SMILES string of the molecule is Cc1nc(CN(C)c2cc(Cl)ccc2CNC2CC2)cs1. The molecular weight excluding hydrogens is 302 g/mol. The number of halogens is 1. The maximum Gasteiger partial charge on any atom is 0.0898 e. The monoisotopic (exact) mass is 321 g/mol. The summed E-state index contributed by atoms with van der Waals surface area (Å²) in [5, 5.41) is 7.59. The standard InChI is InChI=1S/C16H20ClN3S/c1-11-19-15(10-21-11)9-20(2)16-7-13(17)4-3-12(16)8-18-14-5-6-14/h3-4,7,10,14,18H,5-6,8-9H2,1-2H3. The van der Waals surface area contributed by atoms with Gasteiger partial charge in [0.1, 0.15) is 0 Å². The van der Waals surface area contributed by atoms with E-state index in [1.807, 2.05) is 19.1 Å². The highest BCUT2D eigenvalue weighted by atomic mass is 35.5. The number of nitrogens with zero attached hydrogens (tertiary/aromatic N) is 2. The Morgan fingerprint density at radius 3 is 2.90 bits per heavy atom. The Hall–Kier alpha value is -1.10. The van der Waals surface area contributed by atoms with Crippen LogP contribution in [0.3, 0.4) is 0 Å². The van der Waals surface area contributed by atoms with Gasteiger partial charge in [0.15, 0.2) is 0 Å². The normalized spacial score (nSPS) is 14.4. The summed E-state index contributed by atoms with van der Waals surface area (Å²) in [6.07, 6.45) is 2.60. The molecule has 112 valence electrons. The minimum absolute atomic E-state index is 0.708. The highest BCUT2D eigenvalue weighted by molar-refractivity contribution is 7.09. The van der Waals surface area contributed by atoms with E-state index in [9.17, 15) is 0 Å². The summed E-state index contributed by atoms with van der Waals surface area (Å²) in [5.41, 5.74) is 3.59. The lowest BCUT2D eigenvalue weighted by Crippen LogP contribution is -2.21. The van der Waals surface area contributed by atoms with E-state index in [0.717, 1.165) is 28.8 Å². The van der Waals surface area contributed by atoms with E-state index in [4.69, 9.17) is 11.6 Å². The lowest BCUT2D eigenvalue weighted by atomic mass is 10.1. The van der Waals surface area contributed by atoms with Crippen molar-refractivity contribution in [2.75, 3.05) is 11.9 Å². The molecule has 0 amide bonds. The number of hydrogen-bond acceptors (Lipinski definition) is 4. The van der Waals surface area contributed by atoms with Crippen LogP contribution < -0.4 is 10.2 Å². The van der Waals surface area contributed by atoms with Crippen LogP contribution in [-0.2, 0) is 13.1 Å². The number of rotatable bonds is 6. The third-order valence-electron chi connectivity index (χ3n) is 3.68. The molecule has 0 bridgehead atoms. The molecular formula is C16H20ClN3S. The molecule has 3 nitrogen and oxygen atoms in total. The van der Waals surface area contributed by atoms with Crippen LogP contribution >= 0.6 is 22.9 Å². The van der Waals surface area contributed by atoms with Crippen molar-refractivity contribution in [2.24, 2.45) is 0 Å². The van der Waals surface area contributed by atoms with Gasteiger partial charge in [0.25, 0.3) is 0 Å². The van der Waals surface area contributed by atoms with Gasteiger partial charge in [0.2, 0.25) is 0 Å². The zero-order chi connectivity index (χ0) is 14.8. The van der Waals surface area contributed by atoms with Gasteiger partial charge >= 0.3 is 0 Å². The number of anilines is 1. The van der Waals surface area contributed by atoms with Crippen LogP contribution in [0.1, 0.15) is 29.1 Å². The van der Waals surface area contributed by atoms with E-state index in [0.29, 0.717) is 6.04 Å². The van der Waals surface area contributed by atoms with Crippen molar-refractivity contribution in [2.45, 2.75) is 38.9 Å². The number of aryl methyl sites for hydroxylation is 1. The number of nitrogens with one attached hydrogen (secondary N) is 1. The molecule has 0 saturated heterocycles. The zero-order valence-corrected chi connectivity index (χ0v) is 14.0. The molecule has 1 aliphatic rings. The highest BCUT2D eigenvalue weighted by Gasteiger charge is 2.21. The lowest BCUT2D eigenvalue weighted by Gasteiger charge is -2.22. The van der Waals surface area contributed by atoms with E-state index in [2.05, 4.69) is 33.7 Å². The fourth-order valence-electron chi connectivity index (χ4n) is 2.39. The predicted molar refractivity (Wildman–Crippen MR) is 90.3 cm³/mol. The highest BCUT2D eigenvalue weighted by Crippen LogP contribution is 2.27. The van der Waals surface area contributed by atoms with Crippen LogP contribution in [0.4, 0.5) is 5.69 Å². The molecule has 0 radical (unpaired) electrons. The first kappa shape index (κ1) is 14.8. The van der Waals surface area contributed by atoms with E-state index in [1.165, 1.54) is 24.1 Å². The summed E-state index contributed by atoms with van der Waals surface area (Å²) in [5.74, 6) is 0. The first-order chi connectivity index (χ1) is 10.1. The largest absolute Gasteiger partial charge is 0.368 e. The topological polar surface area (TPSA) is 28.2 Å². The summed E-state index contributed by atoms with van der Waals surface area (Å²) < 4.78 is 0. The van der Waals surface area contributed by atoms with Crippen molar-refractivity contribution in [3.63, 3.8) is 0 Å². The van der Waals surface area contributed by atoms with Crippen LogP contribution in [0.15, 0.2) is 23.6 Å². The molecule has 1 aromatic carbocycles. The second-order valence-corrected chi connectivity index (χ2v) is 7.14. The van der Waals surface area contributed by atoms with Gasteiger partial charge in [0, 0.05) is 35.7 Å². The molecule has 2 aromatic rings. The summed E-state index contributed by atoms with van der Waals surface area (Å²) in [6, 6.07) is 6.84. The maximum atomic E-state index is 6.18.